The molecule has 78 valence electrons. The maximum absolute atomic E-state index is 13.0. The lowest BCUT2D eigenvalue weighted by Crippen LogP contribution is -2.18. The van der Waals surface area contributed by atoms with Gasteiger partial charge in [-0.1, -0.05) is 0 Å². The molecule has 1 aromatic rings. The number of hydrogen-bond donors (Lipinski definition) is 1. The van der Waals surface area contributed by atoms with Crippen LogP contribution in [-0.2, 0) is 5.92 Å². The molecule has 0 saturated heterocycles. The van der Waals surface area contributed by atoms with Gasteiger partial charge in [-0.05, 0) is 18.2 Å². The smallest absolute Gasteiger partial charge is 0.295 e. The first-order valence-electron chi connectivity index (χ1n) is 3.84. The highest BCUT2D eigenvalue weighted by Gasteiger charge is 2.31. The molecule has 0 aliphatic carbocycles. The monoisotopic (exact) mass is 206 g/mol. The molecule has 0 fully saturated rings. The fourth-order valence-electron chi connectivity index (χ4n) is 0.985. The predicted octanol–water partition coefficient (Wildman–Crippen LogP) is 1.92. The first-order chi connectivity index (χ1) is 6.51. The normalized spacial score (nSPS) is 11.5. The zero-order valence-electron chi connectivity index (χ0n) is 7.43. The molecule has 0 amide bonds. The van der Waals surface area contributed by atoms with Gasteiger partial charge < -0.3 is 9.84 Å². The number of methoxy groups -OCH3 is 1. The van der Waals surface area contributed by atoms with Gasteiger partial charge in [0.1, 0.15) is 6.61 Å². The van der Waals surface area contributed by atoms with Crippen molar-refractivity contribution in [2.45, 2.75) is 5.92 Å². The van der Waals surface area contributed by atoms with E-state index in [-0.39, 0.29) is 5.75 Å². The number of aliphatic hydroxyl groups is 1. The molecule has 0 heterocycles. The van der Waals surface area contributed by atoms with Crippen LogP contribution in [0, 0.1) is 5.82 Å². The fraction of sp³-hybridized carbons (Fsp3) is 0.333. The van der Waals surface area contributed by atoms with E-state index >= 15 is 0 Å². The van der Waals surface area contributed by atoms with Gasteiger partial charge in [0.2, 0.25) is 0 Å². The first kappa shape index (κ1) is 10.8. The minimum absolute atomic E-state index is 0.109. The fourth-order valence-corrected chi connectivity index (χ4v) is 0.985. The number of ether oxygens (including phenoxy) is 1. The van der Waals surface area contributed by atoms with Gasteiger partial charge in [0.25, 0.3) is 5.92 Å². The van der Waals surface area contributed by atoms with Gasteiger partial charge in [-0.15, -0.1) is 0 Å². The molecule has 0 spiro atoms. The summed E-state index contributed by atoms with van der Waals surface area (Å²) in [4.78, 5) is 0. The van der Waals surface area contributed by atoms with Crippen molar-refractivity contribution in [2.24, 2.45) is 0 Å². The second kappa shape index (κ2) is 3.88. The van der Waals surface area contributed by atoms with Gasteiger partial charge in [0, 0.05) is 5.56 Å². The molecule has 2 nitrogen and oxygen atoms in total. The van der Waals surface area contributed by atoms with Gasteiger partial charge in [0.15, 0.2) is 11.6 Å². The average Bonchev–Trinajstić information content (AvgIpc) is 2.17. The second-order valence-corrected chi connectivity index (χ2v) is 2.71. The summed E-state index contributed by atoms with van der Waals surface area (Å²) in [5, 5.41) is 8.36. The Morgan fingerprint density at radius 2 is 2.07 bits per heavy atom. The number of aliphatic hydroxyl groups excluding tert-OH is 1. The van der Waals surface area contributed by atoms with E-state index in [4.69, 9.17) is 5.11 Å². The van der Waals surface area contributed by atoms with Crippen LogP contribution in [0.2, 0.25) is 0 Å². The van der Waals surface area contributed by atoms with Crippen molar-refractivity contribution in [2.75, 3.05) is 13.7 Å². The number of alkyl halides is 2. The standard InChI is InChI=1S/C9H9F3O2/c1-14-8-3-2-6(4-7(8)10)9(11,12)5-13/h2-4,13H,5H2,1H3. The van der Waals surface area contributed by atoms with Gasteiger partial charge in [-0.2, -0.15) is 8.78 Å². The van der Waals surface area contributed by atoms with E-state index in [1.54, 1.807) is 0 Å². The Morgan fingerprint density at radius 1 is 1.43 bits per heavy atom. The summed E-state index contributed by atoms with van der Waals surface area (Å²) in [7, 11) is 1.24. The number of rotatable bonds is 3. The Bertz CT molecular complexity index is 326. The number of halogens is 3. The van der Waals surface area contributed by atoms with Crippen LogP contribution in [-0.4, -0.2) is 18.8 Å². The molecule has 0 atom stereocenters. The summed E-state index contributed by atoms with van der Waals surface area (Å²) in [6.45, 7) is -1.35. The Hall–Kier alpha value is -1.23. The third kappa shape index (κ3) is 1.98. The molecular weight excluding hydrogens is 197 g/mol. The van der Waals surface area contributed by atoms with Crippen molar-refractivity contribution in [3.63, 3.8) is 0 Å². The summed E-state index contributed by atoms with van der Waals surface area (Å²) in [6.07, 6.45) is 0. The lowest BCUT2D eigenvalue weighted by Gasteiger charge is -2.14. The summed E-state index contributed by atoms with van der Waals surface area (Å²) < 4.78 is 43.2. The number of hydrogen-bond acceptors (Lipinski definition) is 2. The van der Waals surface area contributed by atoms with E-state index in [0.717, 1.165) is 12.1 Å². The predicted molar refractivity (Wildman–Crippen MR) is 43.9 cm³/mol. The van der Waals surface area contributed by atoms with E-state index in [2.05, 4.69) is 4.74 Å². The summed E-state index contributed by atoms with van der Waals surface area (Å²) in [6, 6.07) is 2.75. The number of benzene rings is 1. The maximum Gasteiger partial charge on any atom is 0.295 e. The van der Waals surface area contributed by atoms with Crippen LogP contribution in [0.15, 0.2) is 18.2 Å². The molecule has 0 unspecified atom stereocenters. The van der Waals surface area contributed by atoms with Crippen LogP contribution in [0.5, 0.6) is 5.75 Å². The van der Waals surface area contributed by atoms with Crippen molar-refractivity contribution in [3.05, 3.63) is 29.6 Å². The molecule has 0 aromatic heterocycles. The van der Waals surface area contributed by atoms with Gasteiger partial charge in [-0.25, -0.2) is 4.39 Å². The first-order valence-corrected chi connectivity index (χ1v) is 3.84. The van der Waals surface area contributed by atoms with Crippen molar-refractivity contribution in [1.82, 2.24) is 0 Å². The van der Waals surface area contributed by atoms with Crippen molar-refractivity contribution >= 4 is 0 Å². The zero-order chi connectivity index (χ0) is 10.8. The van der Waals surface area contributed by atoms with Crippen LogP contribution in [0.1, 0.15) is 5.56 Å². The highest BCUT2D eigenvalue weighted by atomic mass is 19.3. The van der Waals surface area contributed by atoms with Crippen molar-refractivity contribution < 1.29 is 23.0 Å². The third-order valence-corrected chi connectivity index (χ3v) is 1.77. The Balaban J connectivity index is 3.08. The largest absolute Gasteiger partial charge is 0.494 e. The molecule has 0 saturated carbocycles. The lowest BCUT2D eigenvalue weighted by atomic mass is 10.1. The van der Waals surface area contributed by atoms with Crippen LogP contribution in [0.3, 0.4) is 0 Å². The summed E-state index contributed by atoms with van der Waals surface area (Å²) >= 11 is 0. The van der Waals surface area contributed by atoms with E-state index in [0.29, 0.717) is 6.07 Å². The molecular formula is C9H9F3O2. The molecule has 0 aliphatic rings. The van der Waals surface area contributed by atoms with Crippen LogP contribution in [0.4, 0.5) is 13.2 Å². The minimum Gasteiger partial charge on any atom is -0.494 e. The van der Waals surface area contributed by atoms with Crippen molar-refractivity contribution in [1.29, 1.82) is 0 Å². The Kier molecular flexibility index (Phi) is 3.00. The highest BCUT2D eigenvalue weighted by molar-refractivity contribution is 5.31. The Morgan fingerprint density at radius 3 is 2.50 bits per heavy atom. The SMILES string of the molecule is COc1ccc(C(F)(F)CO)cc1F. The van der Waals surface area contributed by atoms with E-state index in [1.807, 2.05) is 0 Å². The van der Waals surface area contributed by atoms with Crippen LogP contribution >= 0.6 is 0 Å². The van der Waals surface area contributed by atoms with Crippen LogP contribution < -0.4 is 4.74 Å². The van der Waals surface area contributed by atoms with Gasteiger partial charge in [-0.3, -0.25) is 0 Å². The zero-order valence-corrected chi connectivity index (χ0v) is 7.43. The molecule has 1 aromatic carbocycles. The summed E-state index contributed by atoms with van der Waals surface area (Å²) in [5.41, 5.74) is -0.571. The molecule has 14 heavy (non-hydrogen) atoms. The Labute approximate surface area is 78.9 Å². The third-order valence-electron chi connectivity index (χ3n) is 1.77. The van der Waals surface area contributed by atoms with E-state index in [9.17, 15) is 13.2 Å². The van der Waals surface area contributed by atoms with Gasteiger partial charge >= 0.3 is 0 Å². The molecule has 1 rings (SSSR count). The molecule has 0 bridgehead atoms. The quantitative estimate of drug-likeness (QED) is 0.818. The molecule has 0 aliphatic heterocycles. The second-order valence-electron chi connectivity index (χ2n) is 2.71. The van der Waals surface area contributed by atoms with E-state index < -0.39 is 23.9 Å². The minimum atomic E-state index is -3.42. The topological polar surface area (TPSA) is 29.5 Å². The maximum atomic E-state index is 13.0. The van der Waals surface area contributed by atoms with Gasteiger partial charge in [0.05, 0.1) is 7.11 Å². The molecule has 0 radical (unpaired) electrons. The van der Waals surface area contributed by atoms with Crippen LogP contribution in [0.25, 0.3) is 0 Å². The lowest BCUT2D eigenvalue weighted by molar-refractivity contribution is -0.0558. The highest BCUT2D eigenvalue weighted by Crippen LogP contribution is 2.30. The molecule has 1 N–H and O–H groups in total. The molecule has 5 heteroatoms. The average molecular weight is 206 g/mol. The van der Waals surface area contributed by atoms with Crippen molar-refractivity contribution in [3.8, 4) is 5.75 Å². The summed E-state index contributed by atoms with van der Waals surface area (Å²) in [5.74, 6) is -4.41. The van der Waals surface area contributed by atoms with E-state index in [1.165, 1.54) is 7.11 Å².